The molecule has 1 N–H and O–H groups in total. The third-order valence-corrected chi connectivity index (χ3v) is 6.19. The molecule has 2 fully saturated rings. The lowest BCUT2D eigenvalue weighted by atomic mass is 9.87. The Kier molecular flexibility index (Phi) is 8.19. The number of rotatable bonds is 9. The van der Waals surface area contributed by atoms with Crippen molar-refractivity contribution in [2.45, 2.75) is 40.2 Å². The third kappa shape index (κ3) is 5.86. The molecule has 3 rings (SSSR count). The number of ether oxygens (including phenoxy) is 2. The van der Waals surface area contributed by atoms with Crippen LogP contribution in [0.15, 0.2) is 29.3 Å². The van der Waals surface area contributed by atoms with Crippen molar-refractivity contribution in [3.05, 3.63) is 29.8 Å². The fraction of sp³-hybridized carbons (Fsp3) is 0.696. The highest BCUT2D eigenvalue weighted by Crippen LogP contribution is 2.38. The van der Waals surface area contributed by atoms with Gasteiger partial charge in [0.15, 0.2) is 5.96 Å². The van der Waals surface area contributed by atoms with Crippen molar-refractivity contribution in [2.75, 3.05) is 59.1 Å². The van der Waals surface area contributed by atoms with Crippen LogP contribution in [0.5, 0.6) is 5.75 Å². The van der Waals surface area contributed by atoms with E-state index in [0.29, 0.717) is 18.6 Å². The van der Waals surface area contributed by atoms with Gasteiger partial charge in [0, 0.05) is 43.8 Å². The predicted octanol–water partition coefficient (Wildman–Crippen LogP) is 2.99. The zero-order valence-corrected chi connectivity index (χ0v) is 18.5. The third-order valence-electron chi connectivity index (χ3n) is 6.19. The molecule has 2 aliphatic rings. The average molecular weight is 403 g/mol. The molecule has 1 aromatic rings. The smallest absolute Gasteiger partial charge is 0.194 e. The van der Waals surface area contributed by atoms with Gasteiger partial charge in [0.1, 0.15) is 12.4 Å². The molecule has 6 nitrogen and oxygen atoms in total. The summed E-state index contributed by atoms with van der Waals surface area (Å²) in [5, 5.41) is 3.48. The highest BCUT2D eigenvalue weighted by molar-refractivity contribution is 5.80. The van der Waals surface area contributed by atoms with Gasteiger partial charge in [-0.2, -0.15) is 0 Å². The Labute approximate surface area is 176 Å². The zero-order chi connectivity index (χ0) is 20.5. The van der Waals surface area contributed by atoms with Gasteiger partial charge in [-0.05, 0) is 38.9 Å². The van der Waals surface area contributed by atoms with Crippen molar-refractivity contribution in [2.24, 2.45) is 10.4 Å². The predicted molar refractivity (Wildman–Crippen MR) is 119 cm³/mol. The van der Waals surface area contributed by atoms with Gasteiger partial charge in [-0.15, -0.1) is 0 Å². The number of guanidine groups is 1. The molecule has 2 heterocycles. The Balaban J connectivity index is 1.62. The summed E-state index contributed by atoms with van der Waals surface area (Å²) in [5.41, 5.74) is 1.47. The summed E-state index contributed by atoms with van der Waals surface area (Å²) >= 11 is 0. The van der Waals surface area contributed by atoms with E-state index in [-0.39, 0.29) is 0 Å². The van der Waals surface area contributed by atoms with Crippen LogP contribution in [0.1, 0.15) is 39.2 Å². The summed E-state index contributed by atoms with van der Waals surface area (Å²) in [6, 6.07) is 8.28. The maximum Gasteiger partial charge on any atom is 0.194 e. The van der Waals surface area contributed by atoms with Gasteiger partial charge in [-0.3, -0.25) is 0 Å². The van der Waals surface area contributed by atoms with Crippen molar-refractivity contribution in [3.8, 4) is 5.75 Å². The van der Waals surface area contributed by atoms with E-state index in [1.165, 1.54) is 12.8 Å². The summed E-state index contributed by atoms with van der Waals surface area (Å²) in [5.74, 6) is 1.95. The average Bonchev–Trinajstić information content (AvgIpc) is 3.39. The van der Waals surface area contributed by atoms with Crippen LogP contribution in [-0.4, -0.2) is 74.8 Å². The van der Waals surface area contributed by atoms with E-state index < -0.39 is 0 Å². The molecule has 0 bridgehead atoms. The molecule has 0 saturated carbocycles. The van der Waals surface area contributed by atoms with Crippen molar-refractivity contribution >= 4 is 5.96 Å². The standard InChI is InChI=1S/C23H38N4O2/c1-4-24-22(27-13-11-23(18-27)12-15-28-19-23)25-17-20-9-7-8-10-21(20)29-16-14-26(5-2)6-3/h7-10H,4-6,11-19H2,1-3H3,(H,24,25). The van der Waals surface area contributed by atoms with Crippen molar-refractivity contribution in [1.82, 2.24) is 15.1 Å². The Morgan fingerprint density at radius 2 is 2.07 bits per heavy atom. The molecule has 1 atom stereocenters. The SMILES string of the molecule is CCNC(=NCc1ccccc1OCCN(CC)CC)N1CCC2(CCOC2)C1. The normalized spacial score (nSPS) is 22.1. The van der Waals surface area contributed by atoms with Gasteiger partial charge < -0.3 is 24.6 Å². The molecular weight excluding hydrogens is 364 g/mol. The summed E-state index contributed by atoms with van der Waals surface area (Å²) < 4.78 is 11.8. The quantitative estimate of drug-likeness (QED) is 0.508. The van der Waals surface area contributed by atoms with E-state index in [2.05, 4.69) is 54.1 Å². The Bertz CT molecular complexity index is 654. The number of likely N-dealkylation sites (tertiary alicyclic amines) is 1. The second-order valence-corrected chi connectivity index (χ2v) is 8.13. The van der Waals surface area contributed by atoms with Gasteiger partial charge in [0.05, 0.1) is 13.2 Å². The monoisotopic (exact) mass is 402 g/mol. The van der Waals surface area contributed by atoms with Gasteiger partial charge in [0.2, 0.25) is 0 Å². The zero-order valence-electron chi connectivity index (χ0n) is 18.5. The Morgan fingerprint density at radius 3 is 2.79 bits per heavy atom. The first-order chi connectivity index (χ1) is 14.2. The number of hydrogen-bond donors (Lipinski definition) is 1. The van der Waals surface area contributed by atoms with Crippen molar-refractivity contribution in [3.63, 3.8) is 0 Å². The molecular formula is C23H38N4O2. The largest absolute Gasteiger partial charge is 0.492 e. The van der Waals surface area contributed by atoms with Crippen LogP contribution in [0.25, 0.3) is 0 Å². The van der Waals surface area contributed by atoms with Gasteiger partial charge in [0.25, 0.3) is 0 Å². The van der Waals surface area contributed by atoms with Gasteiger partial charge in [-0.1, -0.05) is 32.0 Å². The number of para-hydroxylation sites is 1. The lowest BCUT2D eigenvalue weighted by molar-refractivity contribution is 0.156. The fourth-order valence-corrected chi connectivity index (χ4v) is 4.27. The minimum Gasteiger partial charge on any atom is -0.492 e. The van der Waals surface area contributed by atoms with E-state index in [1.807, 2.05) is 6.07 Å². The van der Waals surface area contributed by atoms with Crippen LogP contribution in [0.2, 0.25) is 0 Å². The lowest BCUT2D eigenvalue weighted by Gasteiger charge is -2.25. The van der Waals surface area contributed by atoms with Crippen LogP contribution in [-0.2, 0) is 11.3 Å². The molecule has 0 radical (unpaired) electrons. The van der Waals surface area contributed by atoms with Crippen LogP contribution in [0, 0.1) is 5.41 Å². The number of nitrogens with one attached hydrogen (secondary N) is 1. The molecule has 0 aliphatic carbocycles. The number of likely N-dealkylation sites (N-methyl/N-ethyl adjacent to an activating group) is 1. The van der Waals surface area contributed by atoms with Crippen LogP contribution in [0.4, 0.5) is 0 Å². The molecule has 2 aliphatic heterocycles. The molecule has 2 saturated heterocycles. The van der Waals surface area contributed by atoms with E-state index >= 15 is 0 Å². The molecule has 1 unspecified atom stereocenters. The molecule has 0 aromatic heterocycles. The minimum atomic E-state index is 0.335. The fourth-order valence-electron chi connectivity index (χ4n) is 4.27. The topological polar surface area (TPSA) is 49.3 Å². The van der Waals surface area contributed by atoms with Gasteiger partial charge >= 0.3 is 0 Å². The molecule has 0 amide bonds. The molecule has 1 aromatic carbocycles. The Morgan fingerprint density at radius 1 is 1.24 bits per heavy atom. The maximum atomic E-state index is 6.10. The first kappa shape index (κ1) is 21.9. The molecule has 162 valence electrons. The number of nitrogens with zero attached hydrogens (tertiary/aromatic N) is 3. The number of aliphatic imine (C=N–C) groups is 1. The van der Waals surface area contributed by atoms with E-state index in [1.54, 1.807) is 0 Å². The van der Waals surface area contributed by atoms with Crippen molar-refractivity contribution in [1.29, 1.82) is 0 Å². The maximum absolute atomic E-state index is 6.10. The molecule has 29 heavy (non-hydrogen) atoms. The summed E-state index contributed by atoms with van der Waals surface area (Å²) in [6.45, 7) is 15.7. The number of hydrogen-bond acceptors (Lipinski definition) is 4. The highest BCUT2D eigenvalue weighted by Gasteiger charge is 2.42. The Hall–Kier alpha value is -1.79. The van der Waals surface area contributed by atoms with Crippen LogP contribution >= 0.6 is 0 Å². The van der Waals surface area contributed by atoms with Crippen molar-refractivity contribution < 1.29 is 9.47 Å². The molecule has 1 spiro atoms. The number of benzene rings is 1. The van der Waals surface area contributed by atoms with E-state index in [0.717, 1.165) is 69.8 Å². The molecule has 6 heteroatoms. The lowest BCUT2D eigenvalue weighted by Crippen LogP contribution is -2.41. The highest BCUT2D eigenvalue weighted by atomic mass is 16.5. The second-order valence-electron chi connectivity index (χ2n) is 8.13. The first-order valence-electron chi connectivity index (χ1n) is 11.2. The minimum absolute atomic E-state index is 0.335. The first-order valence-corrected chi connectivity index (χ1v) is 11.2. The van der Waals surface area contributed by atoms with E-state index in [4.69, 9.17) is 14.5 Å². The summed E-state index contributed by atoms with van der Waals surface area (Å²) in [7, 11) is 0. The summed E-state index contributed by atoms with van der Waals surface area (Å²) in [4.78, 5) is 9.74. The van der Waals surface area contributed by atoms with E-state index in [9.17, 15) is 0 Å². The summed E-state index contributed by atoms with van der Waals surface area (Å²) in [6.07, 6.45) is 2.37. The second kappa shape index (κ2) is 10.8. The van der Waals surface area contributed by atoms with Crippen LogP contribution in [0.3, 0.4) is 0 Å². The van der Waals surface area contributed by atoms with Crippen LogP contribution < -0.4 is 10.1 Å². The van der Waals surface area contributed by atoms with Gasteiger partial charge in [-0.25, -0.2) is 4.99 Å².